The van der Waals surface area contributed by atoms with Gasteiger partial charge in [0.15, 0.2) is 0 Å². The van der Waals surface area contributed by atoms with Crippen LogP contribution in [0, 0.1) is 0 Å². The van der Waals surface area contributed by atoms with Crippen LogP contribution < -0.4 is 0 Å². The molecular weight excluding hydrogens is 224 g/mol. The van der Waals surface area contributed by atoms with Gasteiger partial charge in [-0.05, 0) is 25.0 Å². The molecule has 0 spiro atoms. The van der Waals surface area contributed by atoms with Gasteiger partial charge in [0.2, 0.25) is 0 Å². The first-order valence-electron chi connectivity index (χ1n) is 7.96. The van der Waals surface area contributed by atoms with Crippen LogP contribution in [-0.2, 0) is 0 Å². The lowest BCUT2D eigenvalue weighted by Crippen LogP contribution is -2.04. The average molecular weight is 259 g/mol. The summed E-state index contributed by atoms with van der Waals surface area (Å²) in [6, 6.07) is 0. The minimum atomic E-state index is 0.963. The van der Waals surface area contributed by atoms with Crippen molar-refractivity contribution >= 4 is 11.8 Å². The molecule has 104 valence electrons. The molecule has 0 aliphatic heterocycles. The molecule has 0 saturated heterocycles. The van der Waals surface area contributed by atoms with Crippen molar-refractivity contribution in [3.8, 4) is 0 Å². The molecule has 0 heterocycles. The number of rotatable bonds is 13. The van der Waals surface area contributed by atoms with E-state index >= 15 is 0 Å². The molecule has 1 heteroatoms. The Bertz CT molecular complexity index is 123. The number of hydrogen-bond acceptors (Lipinski definition) is 1. The van der Waals surface area contributed by atoms with E-state index in [9.17, 15) is 0 Å². The van der Waals surface area contributed by atoms with E-state index in [0.29, 0.717) is 0 Å². The molecule has 0 aliphatic carbocycles. The van der Waals surface area contributed by atoms with E-state index in [1.54, 1.807) is 0 Å². The molecule has 0 rings (SSSR count). The van der Waals surface area contributed by atoms with Gasteiger partial charge in [0.1, 0.15) is 0 Å². The lowest BCUT2D eigenvalue weighted by molar-refractivity contribution is 0.572. The second-order valence-electron chi connectivity index (χ2n) is 5.19. The molecule has 0 fully saturated rings. The van der Waals surface area contributed by atoms with Gasteiger partial charge in [-0.25, -0.2) is 0 Å². The number of unbranched alkanes of at least 4 members (excludes halogenated alkanes) is 6. The zero-order valence-corrected chi connectivity index (χ0v) is 13.3. The molecule has 0 aromatic heterocycles. The highest BCUT2D eigenvalue weighted by molar-refractivity contribution is 7.99. The van der Waals surface area contributed by atoms with E-state index in [2.05, 4.69) is 32.5 Å². The summed E-state index contributed by atoms with van der Waals surface area (Å²) in [4.78, 5) is 0. The zero-order valence-electron chi connectivity index (χ0n) is 12.5. The zero-order chi connectivity index (χ0) is 12.8. The molecular formula is C16H34S. The Morgan fingerprint density at radius 3 is 1.76 bits per heavy atom. The van der Waals surface area contributed by atoms with E-state index in [1.807, 2.05) is 0 Å². The summed E-state index contributed by atoms with van der Waals surface area (Å²) >= 11 is 2.25. The van der Waals surface area contributed by atoms with Gasteiger partial charge in [0, 0.05) is 5.25 Å². The SMILES string of the molecule is CCCCCCC(CCCCC)SCCCC. The van der Waals surface area contributed by atoms with E-state index in [-0.39, 0.29) is 0 Å². The molecule has 0 saturated carbocycles. The van der Waals surface area contributed by atoms with Gasteiger partial charge in [-0.15, -0.1) is 0 Å². The van der Waals surface area contributed by atoms with E-state index < -0.39 is 0 Å². The van der Waals surface area contributed by atoms with Crippen LogP contribution in [0.25, 0.3) is 0 Å². The number of hydrogen-bond donors (Lipinski definition) is 0. The van der Waals surface area contributed by atoms with Gasteiger partial charge in [-0.1, -0.05) is 72.1 Å². The van der Waals surface area contributed by atoms with E-state index in [0.717, 1.165) is 5.25 Å². The van der Waals surface area contributed by atoms with Gasteiger partial charge in [-0.2, -0.15) is 11.8 Å². The fourth-order valence-electron chi connectivity index (χ4n) is 2.13. The molecule has 0 radical (unpaired) electrons. The van der Waals surface area contributed by atoms with Crippen molar-refractivity contribution in [1.29, 1.82) is 0 Å². The largest absolute Gasteiger partial charge is 0.159 e. The van der Waals surface area contributed by atoms with Crippen LogP contribution in [0.5, 0.6) is 0 Å². The van der Waals surface area contributed by atoms with Crippen molar-refractivity contribution in [3.05, 3.63) is 0 Å². The Hall–Kier alpha value is 0.350. The van der Waals surface area contributed by atoms with Crippen LogP contribution in [0.1, 0.15) is 91.4 Å². The second-order valence-corrected chi connectivity index (χ2v) is 6.60. The van der Waals surface area contributed by atoms with Gasteiger partial charge < -0.3 is 0 Å². The molecule has 17 heavy (non-hydrogen) atoms. The highest BCUT2D eigenvalue weighted by Crippen LogP contribution is 2.24. The first kappa shape index (κ1) is 17.4. The smallest absolute Gasteiger partial charge is 0.00470 e. The highest BCUT2D eigenvalue weighted by Gasteiger charge is 2.08. The van der Waals surface area contributed by atoms with Crippen LogP contribution in [0.2, 0.25) is 0 Å². The first-order valence-corrected chi connectivity index (χ1v) is 9.01. The topological polar surface area (TPSA) is 0 Å². The minimum absolute atomic E-state index is 0.963. The first-order chi connectivity index (χ1) is 8.35. The summed E-state index contributed by atoms with van der Waals surface area (Å²) in [5.41, 5.74) is 0. The predicted molar refractivity (Wildman–Crippen MR) is 84.1 cm³/mol. The Morgan fingerprint density at radius 2 is 1.18 bits per heavy atom. The molecule has 0 nitrogen and oxygen atoms in total. The standard InChI is InChI=1S/C16H34S/c1-4-7-10-12-14-16(13-11-8-5-2)17-15-9-6-3/h16H,4-15H2,1-3H3. The lowest BCUT2D eigenvalue weighted by Gasteiger charge is -2.16. The Kier molecular flexibility index (Phi) is 14.7. The van der Waals surface area contributed by atoms with Gasteiger partial charge in [0.05, 0.1) is 0 Å². The molecule has 1 unspecified atom stereocenters. The van der Waals surface area contributed by atoms with Gasteiger partial charge in [-0.3, -0.25) is 0 Å². The summed E-state index contributed by atoms with van der Waals surface area (Å²) in [5, 5.41) is 0.963. The summed E-state index contributed by atoms with van der Waals surface area (Å²) in [6.07, 6.45) is 15.7. The lowest BCUT2D eigenvalue weighted by atomic mass is 10.1. The summed E-state index contributed by atoms with van der Waals surface area (Å²) < 4.78 is 0. The molecule has 0 aromatic carbocycles. The van der Waals surface area contributed by atoms with Crippen LogP contribution >= 0.6 is 11.8 Å². The Balaban J connectivity index is 3.60. The quantitative estimate of drug-likeness (QED) is 0.343. The van der Waals surface area contributed by atoms with Crippen LogP contribution in [0.15, 0.2) is 0 Å². The third-order valence-corrected chi connectivity index (χ3v) is 4.83. The van der Waals surface area contributed by atoms with Crippen molar-refractivity contribution in [3.63, 3.8) is 0 Å². The highest BCUT2D eigenvalue weighted by atomic mass is 32.2. The molecule has 0 N–H and O–H groups in total. The molecule has 0 bridgehead atoms. The van der Waals surface area contributed by atoms with Crippen molar-refractivity contribution in [2.24, 2.45) is 0 Å². The maximum absolute atomic E-state index is 2.31. The van der Waals surface area contributed by atoms with E-state index in [1.165, 1.54) is 76.4 Å². The Morgan fingerprint density at radius 1 is 0.647 bits per heavy atom. The summed E-state index contributed by atoms with van der Waals surface area (Å²) in [7, 11) is 0. The monoisotopic (exact) mass is 258 g/mol. The number of thioether (sulfide) groups is 1. The van der Waals surface area contributed by atoms with Gasteiger partial charge >= 0.3 is 0 Å². The predicted octanol–water partition coefficient (Wildman–Crippen LogP) is 6.44. The molecule has 0 aromatic rings. The van der Waals surface area contributed by atoms with Crippen molar-refractivity contribution in [2.75, 3.05) is 5.75 Å². The maximum atomic E-state index is 2.31. The van der Waals surface area contributed by atoms with Crippen molar-refractivity contribution < 1.29 is 0 Å². The maximum Gasteiger partial charge on any atom is 0.00470 e. The Labute approximate surface area is 114 Å². The van der Waals surface area contributed by atoms with Crippen LogP contribution in [0.4, 0.5) is 0 Å². The van der Waals surface area contributed by atoms with Crippen molar-refractivity contribution in [2.45, 2.75) is 96.7 Å². The van der Waals surface area contributed by atoms with Crippen LogP contribution in [-0.4, -0.2) is 11.0 Å². The molecule has 0 amide bonds. The molecule has 0 aliphatic rings. The fourth-order valence-corrected chi connectivity index (χ4v) is 3.58. The third kappa shape index (κ3) is 12.6. The third-order valence-electron chi connectivity index (χ3n) is 3.36. The van der Waals surface area contributed by atoms with E-state index in [4.69, 9.17) is 0 Å². The van der Waals surface area contributed by atoms with Crippen LogP contribution in [0.3, 0.4) is 0 Å². The van der Waals surface area contributed by atoms with Crippen molar-refractivity contribution in [1.82, 2.24) is 0 Å². The van der Waals surface area contributed by atoms with Gasteiger partial charge in [0.25, 0.3) is 0 Å². The summed E-state index contributed by atoms with van der Waals surface area (Å²) in [6.45, 7) is 6.91. The normalized spacial score (nSPS) is 12.9. The second kappa shape index (κ2) is 14.4. The summed E-state index contributed by atoms with van der Waals surface area (Å²) in [5.74, 6) is 1.39. The minimum Gasteiger partial charge on any atom is -0.159 e. The molecule has 1 atom stereocenters. The average Bonchev–Trinajstić information content (AvgIpc) is 2.34. The fraction of sp³-hybridized carbons (Fsp3) is 1.00.